The molecule has 7 heteroatoms. The van der Waals surface area contributed by atoms with Gasteiger partial charge in [-0.15, -0.1) is 0 Å². The van der Waals surface area contributed by atoms with Crippen molar-refractivity contribution in [3.8, 4) is 0 Å². The van der Waals surface area contributed by atoms with Crippen molar-refractivity contribution < 1.29 is 24.2 Å². The maximum atomic E-state index is 12.2. The highest BCUT2D eigenvalue weighted by Crippen LogP contribution is 2.13. The molecule has 1 fully saturated rings. The second-order valence-electron chi connectivity index (χ2n) is 7.32. The van der Waals surface area contributed by atoms with E-state index in [-0.39, 0.29) is 0 Å². The van der Waals surface area contributed by atoms with Gasteiger partial charge in [0.2, 0.25) is 0 Å². The summed E-state index contributed by atoms with van der Waals surface area (Å²) in [6.45, 7) is 3.95. The van der Waals surface area contributed by atoms with E-state index in [4.69, 9.17) is 4.74 Å². The fourth-order valence-corrected chi connectivity index (χ4v) is 3.25. The van der Waals surface area contributed by atoms with Crippen LogP contribution in [0.25, 0.3) is 12.2 Å². The van der Waals surface area contributed by atoms with Gasteiger partial charge < -0.3 is 19.9 Å². The molecular formula is C24H28N2O5. The van der Waals surface area contributed by atoms with E-state index in [2.05, 4.69) is 39.2 Å². The van der Waals surface area contributed by atoms with Crippen LogP contribution in [0.1, 0.15) is 27.0 Å². The fraction of sp³-hybridized carbons (Fsp3) is 0.333. The van der Waals surface area contributed by atoms with Crippen molar-refractivity contribution in [2.24, 2.45) is 0 Å². The molecule has 3 rings (SSSR count). The molecule has 2 aromatic carbocycles. The van der Waals surface area contributed by atoms with E-state index >= 15 is 0 Å². The molecule has 1 atom stereocenters. The first-order valence-corrected chi connectivity index (χ1v) is 10.3. The monoisotopic (exact) mass is 424 g/mol. The Morgan fingerprint density at radius 3 is 2.19 bits per heavy atom. The first kappa shape index (κ1) is 22.7. The Morgan fingerprint density at radius 2 is 1.65 bits per heavy atom. The molecule has 7 nitrogen and oxygen atoms in total. The van der Waals surface area contributed by atoms with E-state index in [0.717, 1.165) is 44.0 Å². The van der Waals surface area contributed by atoms with E-state index < -0.39 is 24.5 Å². The average molecular weight is 424 g/mol. The fourth-order valence-electron chi connectivity index (χ4n) is 3.25. The normalized spacial score (nSPS) is 15.5. The highest BCUT2D eigenvalue weighted by Gasteiger charge is 2.21. The number of methoxy groups -OCH3 is 1. The molecule has 1 amide bonds. The van der Waals surface area contributed by atoms with Crippen LogP contribution in [-0.4, -0.2) is 67.9 Å². The summed E-state index contributed by atoms with van der Waals surface area (Å²) < 4.78 is 9.93. The number of amides is 1. The van der Waals surface area contributed by atoms with Crippen LogP contribution in [0.2, 0.25) is 0 Å². The highest BCUT2D eigenvalue weighted by molar-refractivity contribution is 5.97. The van der Waals surface area contributed by atoms with Crippen molar-refractivity contribution in [3.63, 3.8) is 0 Å². The Balaban J connectivity index is 1.55. The Bertz CT molecular complexity index is 887. The zero-order chi connectivity index (χ0) is 22.1. The summed E-state index contributed by atoms with van der Waals surface area (Å²) in [6, 6.07) is 14.4. The number of aliphatic hydroxyl groups excluding tert-OH is 1. The number of hydrogen-bond donors (Lipinski definition) is 2. The predicted molar refractivity (Wildman–Crippen MR) is 118 cm³/mol. The predicted octanol–water partition coefficient (Wildman–Crippen LogP) is 1.95. The minimum atomic E-state index is -1.08. The number of hydrogen-bond acceptors (Lipinski definition) is 6. The molecule has 1 heterocycles. The van der Waals surface area contributed by atoms with Gasteiger partial charge in [0.15, 0.2) is 6.04 Å². The standard InChI is InChI=1S/C24H28N2O5/c1-30-24(29)22(17-27)25-23(28)21-10-8-19(9-11-21)3-2-18-4-6-20(7-5-18)16-26-12-14-31-15-13-26/h2-11,22,27H,12-17H2,1H3,(H,25,28)/b3-2+/t22-/m0/s1. The number of morpholine rings is 1. The molecule has 1 aliphatic heterocycles. The molecule has 0 bridgehead atoms. The minimum Gasteiger partial charge on any atom is -0.467 e. The summed E-state index contributed by atoms with van der Waals surface area (Å²) >= 11 is 0. The summed E-state index contributed by atoms with van der Waals surface area (Å²) in [5.41, 5.74) is 3.71. The maximum absolute atomic E-state index is 12.2. The third kappa shape index (κ3) is 6.75. The largest absolute Gasteiger partial charge is 0.467 e. The first-order chi connectivity index (χ1) is 15.1. The molecule has 2 aromatic rings. The summed E-state index contributed by atoms with van der Waals surface area (Å²) in [6.07, 6.45) is 4.00. The Hall–Kier alpha value is -3.00. The maximum Gasteiger partial charge on any atom is 0.330 e. The number of rotatable bonds is 8. The van der Waals surface area contributed by atoms with Crippen LogP contribution in [0, 0.1) is 0 Å². The van der Waals surface area contributed by atoms with Crippen LogP contribution in [0.3, 0.4) is 0 Å². The molecule has 1 aliphatic rings. The number of carbonyl (C=O) groups is 2. The van der Waals surface area contributed by atoms with Gasteiger partial charge in [-0.25, -0.2) is 4.79 Å². The van der Waals surface area contributed by atoms with Crippen molar-refractivity contribution in [2.75, 3.05) is 40.0 Å². The quantitative estimate of drug-likeness (QED) is 0.498. The van der Waals surface area contributed by atoms with Crippen LogP contribution < -0.4 is 5.32 Å². The number of carbonyl (C=O) groups excluding carboxylic acids is 2. The number of nitrogens with zero attached hydrogens (tertiary/aromatic N) is 1. The first-order valence-electron chi connectivity index (χ1n) is 10.3. The van der Waals surface area contributed by atoms with E-state index in [1.807, 2.05) is 24.3 Å². The second-order valence-corrected chi connectivity index (χ2v) is 7.32. The average Bonchev–Trinajstić information content (AvgIpc) is 2.82. The van der Waals surface area contributed by atoms with E-state index in [1.54, 1.807) is 12.1 Å². The zero-order valence-corrected chi connectivity index (χ0v) is 17.6. The summed E-state index contributed by atoms with van der Waals surface area (Å²) in [5, 5.41) is 11.7. The lowest BCUT2D eigenvalue weighted by Crippen LogP contribution is -2.44. The lowest BCUT2D eigenvalue weighted by molar-refractivity contribution is -0.143. The third-order valence-corrected chi connectivity index (χ3v) is 5.10. The van der Waals surface area contributed by atoms with E-state index in [1.165, 1.54) is 12.7 Å². The number of esters is 1. The van der Waals surface area contributed by atoms with Gasteiger partial charge in [0, 0.05) is 25.2 Å². The van der Waals surface area contributed by atoms with Gasteiger partial charge >= 0.3 is 5.97 Å². The van der Waals surface area contributed by atoms with E-state index in [9.17, 15) is 14.7 Å². The summed E-state index contributed by atoms with van der Waals surface area (Å²) in [4.78, 5) is 26.1. The Kier molecular flexibility index (Phi) is 8.35. The number of benzene rings is 2. The minimum absolute atomic E-state index is 0.395. The van der Waals surface area contributed by atoms with Crippen molar-refractivity contribution in [2.45, 2.75) is 12.6 Å². The summed E-state index contributed by atoms with van der Waals surface area (Å²) in [5.74, 6) is -1.14. The Labute approximate surface area is 182 Å². The van der Waals surface area contributed by atoms with Crippen LogP contribution in [0.4, 0.5) is 0 Å². The van der Waals surface area contributed by atoms with Gasteiger partial charge in [-0.2, -0.15) is 0 Å². The van der Waals surface area contributed by atoms with Gasteiger partial charge in [-0.05, 0) is 28.8 Å². The molecule has 2 N–H and O–H groups in total. The number of nitrogens with one attached hydrogen (secondary N) is 1. The van der Waals surface area contributed by atoms with Crippen LogP contribution in [-0.2, 0) is 20.8 Å². The zero-order valence-electron chi connectivity index (χ0n) is 17.6. The molecule has 0 aromatic heterocycles. The van der Waals surface area contributed by atoms with Crippen molar-refractivity contribution in [1.29, 1.82) is 0 Å². The van der Waals surface area contributed by atoms with Crippen LogP contribution in [0.15, 0.2) is 48.5 Å². The van der Waals surface area contributed by atoms with Gasteiger partial charge in [-0.3, -0.25) is 9.69 Å². The van der Waals surface area contributed by atoms with Crippen molar-refractivity contribution in [3.05, 3.63) is 70.8 Å². The van der Waals surface area contributed by atoms with Gasteiger partial charge in [0.1, 0.15) is 0 Å². The van der Waals surface area contributed by atoms with Gasteiger partial charge in [0.05, 0.1) is 26.9 Å². The SMILES string of the molecule is COC(=O)[C@H](CO)NC(=O)c1ccc(/C=C/c2ccc(CN3CCOCC3)cc2)cc1. The second kappa shape index (κ2) is 11.4. The number of ether oxygens (including phenoxy) is 2. The molecule has 31 heavy (non-hydrogen) atoms. The van der Waals surface area contributed by atoms with Crippen molar-refractivity contribution >= 4 is 24.0 Å². The molecule has 1 saturated heterocycles. The molecule has 0 spiro atoms. The Morgan fingerprint density at radius 1 is 1.06 bits per heavy atom. The molecular weight excluding hydrogens is 396 g/mol. The molecule has 0 radical (unpaired) electrons. The van der Waals surface area contributed by atoms with Crippen LogP contribution >= 0.6 is 0 Å². The smallest absolute Gasteiger partial charge is 0.330 e. The molecule has 0 unspecified atom stereocenters. The lowest BCUT2D eigenvalue weighted by atomic mass is 10.1. The summed E-state index contributed by atoms with van der Waals surface area (Å²) in [7, 11) is 1.20. The number of aliphatic hydroxyl groups is 1. The highest BCUT2D eigenvalue weighted by atomic mass is 16.5. The van der Waals surface area contributed by atoms with Gasteiger partial charge in [0.25, 0.3) is 5.91 Å². The van der Waals surface area contributed by atoms with E-state index in [0.29, 0.717) is 5.56 Å². The molecule has 0 saturated carbocycles. The molecule has 0 aliphatic carbocycles. The third-order valence-electron chi connectivity index (χ3n) is 5.10. The molecule has 164 valence electrons. The van der Waals surface area contributed by atoms with Crippen LogP contribution in [0.5, 0.6) is 0 Å². The van der Waals surface area contributed by atoms with Gasteiger partial charge in [-0.1, -0.05) is 48.6 Å². The van der Waals surface area contributed by atoms with Crippen molar-refractivity contribution in [1.82, 2.24) is 10.2 Å². The topological polar surface area (TPSA) is 88.1 Å². The lowest BCUT2D eigenvalue weighted by Gasteiger charge is -2.26.